The van der Waals surface area contributed by atoms with Crippen LogP contribution in [0.5, 0.6) is 0 Å². The first-order valence-electron chi connectivity index (χ1n) is 6.14. The maximum absolute atomic E-state index is 11.8. The molecule has 0 aliphatic rings. The molecule has 0 bridgehead atoms. The fraction of sp³-hybridized carbons (Fsp3) is 0.308. The van der Waals surface area contributed by atoms with Gasteiger partial charge in [0.2, 0.25) is 5.91 Å². The average molecular weight is 293 g/mol. The van der Waals surface area contributed by atoms with Gasteiger partial charge in [0.1, 0.15) is 0 Å². The molecule has 0 aromatic carbocycles. The van der Waals surface area contributed by atoms with Gasteiger partial charge in [0.15, 0.2) is 11.5 Å². The Bertz CT molecular complexity index is 590. The highest BCUT2D eigenvalue weighted by Gasteiger charge is 2.15. The topological polar surface area (TPSA) is 84.2 Å². The summed E-state index contributed by atoms with van der Waals surface area (Å²) >= 11 is 1.50. The molecule has 0 aliphatic heterocycles. The zero-order chi connectivity index (χ0) is 14.5. The van der Waals surface area contributed by atoms with Crippen molar-refractivity contribution in [1.82, 2.24) is 15.8 Å². The molecule has 0 atom stereocenters. The van der Waals surface area contributed by atoms with Crippen LogP contribution in [-0.2, 0) is 4.79 Å². The van der Waals surface area contributed by atoms with Gasteiger partial charge >= 0.3 is 0 Å². The molecule has 106 valence electrons. The SMILES string of the molecule is CC(C)NC(=O)CNC(=O)c1cc(-c2cccs2)on1. The molecule has 2 heterocycles. The van der Waals surface area contributed by atoms with Gasteiger partial charge in [-0.1, -0.05) is 11.2 Å². The molecule has 0 radical (unpaired) electrons. The molecule has 20 heavy (non-hydrogen) atoms. The minimum Gasteiger partial charge on any atom is -0.355 e. The van der Waals surface area contributed by atoms with Crippen LogP contribution < -0.4 is 10.6 Å². The van der Waals surface area contributed by atoms with Gasteiger partial charge < -0.3 is 15.2 Å². The monoisotopic (exact) mass is 293 g/mol. The van der Waals surface area contributed by atoms with Crippen LogP contribution in [0.1, 0.15) is 24.3 Å². The number of rotatable bonds is 5. The molecular weight excluding hydrogens is 278 g/mol. The van der Waals surface area contributed by atoms with Crippen molar-refractivity contribution < 1.29 is 14.1 Å². The summed E-state index contributed by atoms with van der Waals surface area (Å²) in [7, 11) is 0. The van der Waals surface area contributed by atoms with E-state index in [1.54, 1.807) is 6.07 Å². The lowest BCUT2D eigenvalue weighted by atomic mass is 10.3. The number of hydrogen-bond donors (Lipinski definition) is 2. The quantitative estimate of drug-likeness (QED) is 0.878. The van der Waals surface area contributed by atoms with E-state index in [1.165, 1.54) is 11.3 Å². The van der Waals surface area contributed by atoms with Crippen molar-refractivity contribution >= 4 is 23.2 Å². The smallest absolute Gasteiger partial charge is 0.273 e. The largest absolute Gasteiger partial charge is 0.355 e. The maximum Gasteiger partial charge on any atom is 0.273 e. The van der Waals surface area contributed by atoms with Gasteiger partial charge in [0.05, 0.1) is 11.4 Å². The van der Waals surface area contributed by atoms with E-state index >= 15 is 0 Å². The summed E-state index contributed by atoms with van der Waals surface area (Å²) in [6.07, 6.45) is 0. The van der Waals surface area contributed by atoms with E-state index in [0.717, 1.165) is 4.88 Å². The van der Waals surface area contributed by atoms with Gasteiger partial charge in [-0.3, -0.25) is 9.59 Å². The summed E-state index contributed by atoms with van der Waals surface area (Å²) in [4.78, 5) is 24.1. The molecule has 0 spiro atoms. The van der Waals surface area contributed by atoms with Gasteiger partial charge in [0, 0.05) is 12.1 Å². The van der Waals surface area contributed by atoms with Crippen molar-refractivity contribution in [3.63, 3.8) is 0 Å². The standard InChI is InChI=1S/C13H15N3O3S/c1-8(2)15-12(17)7-14-13(18)9-6-10(19-16-9)11-4-3-5-20-11/h3-6,8H,7H2,1-2H3,(H,14,18)(H,15,17). The summed E-state index contributed by atoms with van der Waals surface area (Å²) in [6, 6.07) is 5.36. The summed E-state index contributed by atoms with van der Waals surface area (Å²) < 4.78 is 5.10. The molecule has 7 heteroatoms. The second-order valence-corrected chi connectivity index (χ2v) is 5.41. The molecule has 2 N–H and O–H groups in total. The molecule has 0 unspecified atom stereocenters. The van der Waals surface area contributed by atoms with Crippen molar-refractivity contribution in [1.29, 1.82) is 0 Å². The maximum atomic E-state index is 11.8. The van der Waals surface area contributed by atoms with Crippen LogP contribution in [0.25, 0.3) is 10.6 Å². The first-order valence-corrected chi connectivity index (χ1v) is 7.02. The molecule has 2 rings (SSSR count). The van der Waals surface area contributed by atoms with Crippen molar-refractivity contribution in [3.8, 4) is 10.6 Å². The third kappa shape index (κ3) is 3.67. The lowest BCUT2D eigenvalue weighted by Crippen LogP contribution is -2.39. The van der Waals surface area contributed by atoms with E-state index in [4.69, 9.17) is 4.52 Å². The minimum atomic E-state index is -0.435. The van der Waals surface area contributed by atoms with Gasteiger partial charge in [-0.2, -0.15) is 0 Å². The van der Waals surface area contributed by atoms with E-state index in [9.17, 15) is 9.59 Å². The van der Waals surface area contributed by atoms with Crippen LogP contribution in [0.3, 0.4) is 0 Å². The van der Waals surface area contributed by atoms with E-state index in [2.05, 4.69) is 15.8 Å². The van der Waals surface area contributed by atoms with Crippen molar-refractivity contribution in [3.05, 3.63) is 29.3 Å². The number of aromatic nitrogens is 1. The Morgan fingerprint density at radius 3 is 2.90 bits per heavy atom. The van der Waals surface area contributed by atoms with E-state index < -0.39 is 5.91 Å². The van der Waals surface area contributed by atoms with E-state index in [0.29, 0.717) is 5.76 Å². The second-order valence-electron chi connectivity index (χ2n) is 4.46. The first-order chi connectivity index (χ1) is 9.56. The minimum absolute atomic E-state index is 0.0388. The van der Waals surface area contributed by atoms with Crippen LogP contribution in [0, 0.1) is 0 Å². The van der Waals surface area contributed by atoms with Crippen LogP contribution in [-0.4, -0.2) is 29.6 Å². The molecule has 2 aromatic heterocycles. The first kappa shape index (κ1) is 14.3. The third-order valence-electron chi connectivity index (χ3n) is 2.37. The lowest BCUT2D eigenvalue weighted by Gasteiger charge is -2.08. The van der Waals surface area contributed by atoms with Crippen LogP contribution in [0.15, 0.2) is 28.1 Å². The van der Waals surface area contributed by atoms with Gasteiger partial charge in [-0.25, -0.2) is 0 Å². The number of carbonyl (C=O) groups is 2. The van der Waals surface area contributed by atoms with Crippen molar-refractivity contribution in [2.45, 2.75) is 19.9 Å². The predicted molar refractivity (Wildman–Crippen MR) is 75.4 cm³/mol. The van der Waals surface area contributed by atoms with E-state index in [-0.39, 0.29) is 24.2 Å². The fourth-order valence-corrected chi connectivity index (χ4v) is 2.21. The zero-order valence-electron chi connectivity index (χ0n) is 11.2. The van der Waals surface area contributed by atoms with Crippen molar-refractivity contribution in [2.24, 2.45) is 0 Å². The second kappa shape index (κ2) is 6.33. The number of hydrogen-bond acceptors (Lipinski definition) is 5. The highest BCUT2D eigenvalue weighted by molar-refractivity contribution is 7.13. The number of amides is 2. The number of thiophene rings is 1. The zero-order valence-corrected chi connectivity index (χ0v) is 12.0. The van der Waals surface area contributed by atoms with Crippen LogP contribution in [0.2, 0.25) is 0 Å². The summed E-state index contributed by atoms with van der Waals surface area (Å²) in [6.45, 7) is 3.62. The molecular formula is C13H15N3O3S. The molecule has 2 aromatic rings. The molecule has 0 saturated heterocycles. The molecule has 2 amide bonds. The van der Waals surface area contributed by atoms with Gasteiger partial charge in [-0.15, -0.1) is 11.3 Å². The Morgan fingerprint density at radius 1 is 1.45 bits per heavy atom. The Morgan fingerprint density at radius 2 is 2.25 bits per heavy atom. The number of nitrogens with one attached hydrogen (secondary N) is 2. The van der Waals surface area contributed by atoms with Crippen LogP contribution >= 0.6 is 11.3 Å². The lowest BCUT2D eigenvalue weighted by molar-refractivity contribution is -0.120. The van der Waals surface area contributed by atoms with Gasteiger partial charge in [-0.05, 0) is 25.3 Å². The number of nitrogens with zero attached hydrogens (tertiary/aromatic N) is 1. The van der Waals surface area contributed by atoms with Crippen LogP contribution in [0.4, 0.5) is 0 Å². The Kier molecular flexibility index (Phi) is 4.52. The summed E-state index contributed by atoms with van der Waals surface area (Å²) in [5.74, 6) is -0.137. The highest BCUT2D eigenvalue weighted by Crippen LogP contribution is 2.24. The third-order valence-corrected chi connectivity index (χ3v) is 3.25. The summed E-state index contributed by atoms with van der Waals surface area (Å²) in [5.41, 5.74) is 0.158. The molecule has 0 aliphatic carbocycles. The Labute approximate surface area is 120 Å². The normalized spacial score (nSPS) is 10.6. The fourth-order valence-electron chi connectivity index (χ4n) is 1.54. The molecule has 6 nitrogen and oxygen atoms in total. The highest BCUT2D eigenvalue weighted by atomic mass is 32.1. The Hall–Kier alpha value is -2.15. The average Bonchev–Trinajstić information content (AvgIpc) is 3.04. The molecule has 0 saturated carbocycles. The predicted octanol–water partition coefficient (Wildman–Crippen LogP) is 1.66. The summed E-state index contributed by atoms with van der Waals surface area (Å²) in [5, 5.41) is 10.8. The van der Waals surface area contributed by atoms with E-state index in [1.807, 2.05) is 31.4 Å². The number of carbonyl (C=O) groups excluding carboxylic acids is 2. The van der Waals surface area contributed by atoms with Gasteiger partial charge in [0.25, 0.3) is 5.91 Å². The van der Waals surface area contributed by atoms with Crippen molar-refractivity contribution in [2.75, 3.05) is 6.54 Å². The molecule has 0 fully saturated rings. The Balaban J connectivity index is 1.92.